The Labute approximate surface area is 85.7 Å². The number of hydrogen-bond donors (Lipinski definition) is 0. The lowest BCUT2D eigenvalue weighted by Crippen LogP contribution is -1.83. The third-order valence-electron chi connectivity index (χ3n) is 1.74. The Hall–Kier alpha value is -1.73. The molecule has 4 heteroatoms. The summed E-state index contributed by atoms with van der Waals surface area (Å²) in [6, 6.07) is 5.55. The van der Waals surface area contributed by atoms with Gasteiger partial charge in [0.25, 0.3) is 0 Å². The number of aryl methyl sites for hydroxylation is 1. The maximum Gasteiger partial charge on any atom is 0.140 e. The van der Waals surface area contributed by atoms with Gasteiger partial charge in [0.15, 0.2) is 0 Å². The molecular weight excluding hydrogens is 194 g/mol. The van der Waals surface area contributed by atoms with E-state index in [1.807, 2.05) is 24.4 Å². The summed E-state index contributed by atoms with van der Waals surface area (Å²) in [7, 11) is 0. The first-order valence-corrected chi connectivity index (χ1v) is 4.96. The van der Waals surface area contributed by atoms with Gasteiger partial charge in [0.05, 0.1) is 0 Å². The van der Waals surface area contributed by atoms with Crippen molar-refractivity contribution in [3.63, 3.8) is 0 Å². The Morgan fingerprint density at radius 1 is 1.43 bits per heavy atom. The van der Waals surface area contributed by atoms with Crippen molar-refractivity contribution in [2.75, 3.05) is 0 Å². The van der Waals surface area contributed by atoms with Crippen LogP contribution in [0.25, 0.3) is 10.6 Å². The van der Waals surface area contributed by atoms with Crippen LogP contribution in [-0.4, -0.2) is 9.97 Å². The SMILES string of the molecule is Cc1csc(-c2ccc(C#N)nc2)n1. The normalized spacial score (nSPS) is 9.71. The van der Waals surface area contributed by atoms with E-state index >= 15 is 0 Å². The molecule has 0 atom stereocenters. The Kier molecular flexibility index (Phi) is 2.25. The van der Waals surface area contributed by atoms with Crippen molar-refractivity contribution >= 4 is 11.3 Å². The van der Waals surface area contributed by atoms with Gasteiger partial charge in [-0.3, -0.25) is 0 Å². The number of pyridine rings is 1. The summed E-state index contributed by atoms with van der Waals surface area (Å²) in [5.41, 5.74) is 2.40. The van der Waals surface area contributed by atoms with E-state index in [2.05, 4.69) is 9.97 Å². The number of hydrogen-bond acceptors (Lipinski definition) is 4. The lowest BCUT2D eigenvalue weighted by molar-refractivity contribution is 1.23. The maximum atomic E-state index is 8.58. The van der Waals surface area contributed by atoms with Crippen LogP contribution in [0.15, 0.2) is 23.7 Å². The van der Waals surface area contributed by atoms with E-state index < -0.39 is 0 Å². The van der Waals surface area contributed by atoms with Crippen molar-refractivity contribution in [3.05, 3.63) is 35.1 Å². The van der Waals surface area contributed by atoms with E-state index in [-0.39, 0.29) is 0 Å². The number of nitriles is 1. The van der Waals surface area contributed by atoms with Crippen LogP contribution in [0, 0.1) is 18.3 Å². The molecule has 0 unspecified atom stereocenters. The third kappa shape index (κ3) is 1.63. The van der Waals surface area contributed by atoms with Crippen LogP contribution >= 0.6 is 11.3 Å². The predicted molar refractivity (Wildman–Crippen MR) is 54.8 cm³/mol. The zero-order valence-corrected chi connectivity index (χ0v) is 8.38. The largest absolute Gasteiger partial charge is 0.245 e. The molecular formula is C10H7N3S. The fraction of sp³-hybridized carbons (Fsp3) is 0.100. The van der Waals surface area contributed by atoms with Crippen molar-refractivity contribution < 1.29 is 0 Å². The first-order valence-electron chi connectivity index (χ1n) is 4.08. The van der Waals surface area contributed by atoms with Crippen LogP contribution in [-0.2, 0) is 0 Å². The Morgan fingerprint density at radius 2 is 2.29 bits per heavy atom. The summed E-state index contributed by atoms with van der Waals surface area (Å²) < 4.78 is 0. The Bertz CT molecular complexity index is 479. The highest BCUT2D eigenvalue weighted by atomic mass is 32.1. The molecule has 14 heavy (non-hydrogen) atoms. The second kappa shape index (κ2) is 3.56. The molecule has 0 amide bonds. The lowest BCUT2D eigenvalue weighted by atomic mass is 10.2. The molecule has 0 saturated carbocycles. The van der Waals surface area contributed by atoms with Crippen LogP contribution in [0.3, 0.4) is 0 Å². The van der Waals surface area contributed by atoms with Crippen molar-refractivity contribution in [3.8, 4) is 16.6 Å². The van der Waals surface area contributed by atoms with Gasteiger partial charge in [0, 0.05) is 22.8 Å². The fourth-order valence-corrected chi connectivity index (χ4v) is 1.86. The van der Waals surface area contributed by atoms with E-state index in [9.17, 15) is 0 Å². The quantitative estimate of drug-likeness (QED) is 0.711. The van der Waals surface area contributed by atoms with Gasteiger partial charge in [-0.15, -0.1) is 11.3 Å². The Balaban J connectivity index is 2.39. The first-order chi connectivity index (χ1) is 6.79. The van der Waals surface area contributed by atoms with E-state index in [0.717, 1.165) is 16.3 Å². The molecule has 0 aliphatic heterocycles. The van der Waals surface area contributed by atoms with Crippen molar-refractivity contribution in [1.29, 1.82) is 5.26 Å². The van der Waals surface area contributed by atoms with Crippen LogP contribution in [0.5, 0.6) is 0 Å². The summed E-state index contributed by atoms with van der Waals surface area (Å²) in [5, 5.41) is 11.5. The molecule has 0 saturated heterocycles. The smallest absolute Gasteiger partial charge is 0.140 e. The summed E-state index contributed by atoms with van der Waals surface area (Å²) in [6.45, 7) is 1.96. The summed E-state index contributed by atoms with van der Waals surface area (Å²) >= 11 is 1.58. The minimum atomic E-state index is 0.432. The van der Waals surface area contributed by atoms with Gasteiger partial charge in [0.2, 0.25) is 0 Å². The van der Waals surface area contributed by atoms with Crippen molar-refractivity contribution in [1.82, 2.24) is 9.97 Å². The average Bonchev–Trinajstić information content (AvgIpc) is 2.65. The average molecular weight is 201 g/mol. The van der Waals surface area contributed by atoms with Crippen LogP contribution in [0.2, 0.25) is 0 Å². The molecule has 0 aliphatic rings. The van der Waals surface area contributed by atoms with E-state index in [1.165, 1.54) is 0 Å². The number of aromatic nitrogens is 2. The summed E-state index contributed by atoms with van der Waals surface area (Å²) in [5.74, 6) is 0. The zero-order valence-electron chi connectivity index (χ0n) is 7.56. The van der Waals surface area contributed by atoms with E-state index in [0.29, 0.717) is 5.69 Å². The standard InChI is InChI=1S/C10H7N3S/c1-7-6-14-10(13-7)8-2-3-9(4-11)12-5-8/h2-3,5-6H,1H3. The number of nitrogens with zero attached hydrogens (tertiary/aromatic N) is 3. The summed E-state index contributed by atoms with van der Waals surface area (Å²) in [4.78, 5) is 8.32. The lowest BCUT2D eigenvalue weighted by Gasteiger charge is -1.94. The summed E-state index contributed by atoms with van der Waals surface area (Å²) in [6.07, 6.45) is 1.68. The molecule has 2 aromatic rings. The predicted octanol–water partition coefficient (Wildman–Crippen LogP) is 2.39. The molecule has 3 nitrogen and oxygen atoms in total. The zero-order chi connectivity index (χ0) is 9.97. The van der Waals surface area contributed by atoms with Gasteiger partial charge in [-0.05, 0) is 19.1 Å². The second-order valence-corrected chi connectivity index (χ2v) is 3.70. The number of rotatable bonds is 1. The highest BCUT2D eigenvalue weighted by Crippen LogP contribution is 2.22. The molecule has 68 valence electrons. The van der Waals surface area contributed by atoms with Gasteiger partial charge >= 0.3 is 0 Å². The van der Waals surface area contributed by atoms with Crippen LogP contribution in [0.4, 0.5) is 0 Å². The molecule has 0 radical (unpaired) electrons. The maximum absolute atomic E-state index is 8.58. The van der Waals surface area contributed by atoms with E-state index in [1.54, 1.807) is 23.6 Å². The molecule has 2 heterocycles. The van der Waals surface area contributed by atoms with Crippen LogP contribution in [0.1, 0.15) is 11.4 Å². The topological polar surface area (TPSA) is 49.6 Å². The minimum absolute atomic E-state index is 0.432. The van der Waals surface area contributed by atoms with Gasteiger partial charge in [0.1, 0.15) is 16.8 Å². The molecule has 2 aromatic heterocycles. The minimum Gasteiger partial charge on any atom is -0.245 e. The monoisotopic (exact) mass is 201 g/mol. The third-order valence-corrected chi connectivity index (χ3v) is 2.75. The van der Waals surface area contributed by atoms with Gasteiger partial charge in [-0.1, -0.05) is 0 Å². The highest BCUT2D eigenvalue weighted by Gasteiger charge is 2.02. The van der Waals surface area contributed by atoms with E-state index in [4.69, 9.17) is 5.26 Å². The van der Waals surface area contributed by atoms with Gasteiger partial charge in [-0.2, -0.15) is 5.26 Å². The molecule has 2 rings (SSSR count). The molecule has 0 aliphatic carbocycles. The van der Waals surface area contributed by atoms with Crippen molar-refractivity contribution in [2.24, 2.45) is 0 Å². The van der Waals surface area contributed by atoms with Gasteiger partial charge in [-0.25, -0.2) is 9.97 Å². The number of thiazole rings is 1. The van der Waals surface area contributed by atoms with Crippen LogP contribution < -0.4 is 0 Å². The molecule has 0 spiro atoms. The molecule has 0 fully saturated rings. The first kappa shape index (κ1) is 8.85. The van der Waals surface area contributed by atoms with Crippen molar-refractivity contribution in [2.45, 2.75) is 6.92 Å². The molecule has 0 bridgehead atoms. The highest BCUT2D eigenvalue weighted by molar-refractivity contribution is 7.13. The fourth-order valence-electron chi connectivity index (χ4n) is 1.07. The second-order valence-electron chi connectivity index (χ2n) is 2.84. The molecule has 0 N–H and O–H groups in total. The Morgan fingerprint density at radius 3 is 2.79 bits per heavy atom. The van der Waals surface area contributed by atoms with Gasteiger partial charge < -0.3 is 0 Å². The molecule has 0 aromatic carbocycles.